The van der Waals surface area contributed by atoms with E-state index >= 15 is 0 Å². The van der Waals surface area contributed by atoms with Crippen molar-refractivity contribution in [3.05, 3.63) is 76.5 Å². The quantitative estimate of drug-likeness (QED) is 0.592. The number of carbonyl (C=O) groups is 1. The van der Waals surface area contributed by atoms with Crippen LogP contribution in [-0.4, -0.2) is 36.0 Å². The molecular weight excluding hydrogens is 426 g/mol. The molecule has 0 amide bonds. The lowest BCUT2D eigenvalue weighted by Gasteiger charge is -2.39. The van der Waals surface area contributed by atoms with Crippen molar-refractivity contribution in [3.63, 3.8) is 0 Å². The molecule has 31 heavy (non-hydrogen) atoms. The number of rotatable bonds is 5. The lowest BCUT2D eigenvalue weighted by atomic mass is 10.1. The standard InChI is InChI=1S/C20H19N3O7S/c1-13-17(11-18-21-19(24)30-22-18)29-16-10-6-5-9-15(16)23(13)31(26,27)20(25)28-12-14-7-3-2-4-8-14/h2-10,13,17H,11-12H2,1H3,(H,21,22,24)/t13-,17+/m1/s1. The second-order valence-electron chi connectivity index (χ2n) is 6.92. The number of fused-ring (bicyclic) bond motifs is 1. The van der Waals surface area contributed by atoms with E-state index in [-0.39, 0.29) is 30.3 Å². The molecule has 1 aliphatic heterocycles. The number of benzene rings is 2. The van der Waals surface area contributed by atoms with Crippen LogP contribution in [0.15, 0.2) is 63.9 Å². The zero-order valence-electron chi connectivity index (χ0n) is 16.4. The Hall–Kier alpha value is -3.60. The summed E-state index contributed by atoms with van der Waals surface area (Å²) in [5.41, 5.74) is 0.880. The van der Waals surface area contributed by atoms with Crippen LogP contribution in [0.25, 0.3) is 0 Å². The summed E-state index contributed by atoms with van der Waals surface area (Å²) in [6.45, 7) is 1.42. The molecule has 2 atom stereocenters. The minimum atomic E-state index is -4.54. The van der Waals surface area contributed by atoms with Gasteiger partial charge in [-0.1, -0.05) is 42.5 Å². The average Bonchev–Trinajstić information content (AvgIpc) is 3.17. The van der Waals surface area contributed by atoms with Crippen molar-refractivity contribution in [1.29, 1.82) is 0 Å². The highest BCUT2D eigenvalue weighted by Crippen LogP contribution is 2.39. The Bertz CT molecular complexity index is 1240. The van der Waals surface area contributed by atoms with Gasteiger partial charge in [-0.2, -0.15) is 13.4 Å². The van der Waals surface area contributed by atoms with Gasteiger partial charge in [-0.25, -0.2) is 14.7 Å². The number of nitrogens with zero attached hydrogens (tertiary/aromatic N) is 2. The summed E-state index contributed by atoms with van der Waals surface area (Å²) in [7, 11) is -4.54. The Morgan fingerprint density at radius 3 is 2.58 bits per heavy atom. The first-order chi connectivity index (χ1) is 14.9. The largest absolute Gasteiger partial charge is 0.486 e. The van der Waals surface area contributed by atoms with Crippen LogP contribution in [0, 0.1) is 0 Å². The van der Waals surface area contributed by atoms with Crippen molar-refractivity contribution in [3.8, 4) is 5.75 Å². The van der Waals surface area contributed by atoms with Gasteiger partial charge in [-0.3, -0.25) is 4.31 Å². The molecule has 0 fully saturated rings. The molecule has 0 bridgehead atoms. The third-order valence-electron chi connectivity index (χ3n) is 4.83. The number of aromatic amines is 1. The summed E-state index contributed by atoms with van der Waals surface area (Å²) in [6, 6.07) is 14.4. The molecule has 1 N–H and O–H groups in total. The monoisotopic (exact) mass is 445 g/mol. The Balaban J connectivity index is 1.62. The molecule has 0 saturated heterocycles. The number of aromatic nitrogens is 2. The molecule has 162 valence electrons. The van der Waals surface area contributed by atoms with Gasteiger partial charge >= 0.3 is 21.1 Å². The number of H-pyrrole nitrogens is 1. The van der Waals surface area contributed by atoms with E-state index in [1.54, 1.807) is 61.5 Å². The minimum Gasteiger partial charge on any atom is -0.486 e. The van der Waals surface area contributed by atoms with Gasteiger partial charge < -0.3 is 14.0 Å². The van der Waals surface area contributed by atoms with Gasteiger partial charge in [0.15, 0.2) is 0 Å². The van der Waals surface area contributed by atoms with Crippen molar-refractivity contribution >= 4 is 21.0 Å². The number of ether oxygens (including phenoxy) is 2. The molecule has 1 aliphatic rings. The molecule has 11 heteroatoms. The van der Waals surface area contributed by atoms with E-state index in [2.05, 4.69) is 14.7 Å². The first-order valence-corrected chi connectivity index (χ1v) is 10.9. The van der Waals surface area contributed by atoms with Crippen LogP contribution < -0.4 is 14.8 Å². The van der Waals surface area contributed by atoms with E-state index in [0.717, 1.165) is 4.31 Å². The van der Waals surface area contributed by atoms with Crippen LogP contribution in [0.4, 0.5) is 10.5 Å². The maximum atomic E-state index is 13.2. The summed E-state index contributed by atoms with van der Waals surface area (Å²) in [5, 5.41) is 1.01. The molecule has 1 aromatic heterocycles. The fourth-order valence-electron chi connectivity index (χ4n) is 3.34. The van der Waals surface area contributed by atoms with E-state index in [4.69, 9.17) is 9.47 Å². The van der Waals surface area contributed by atoms with Gasteiger partial charge in [0.2, 0.25) is 0 Å². The predicted octanol–water partition coefficient (Wildman–Crippen LogP) is 2.23. The number of carbonyl (C=O) groups excluding carboxylic acids is 1. The van der Waals surface area contributed by atoms with Crippen LogP contribution in [0.2, 0.25) is 0 Å². The zero-order chi connectivity index (χ0) is 22.0. The van der Waals surface area contributed by atoms with Gasteiger partial charge in [0, 0.05) is 6.42 Å². The SMILES string of the molecule is C[C@@H]1[C@H](Cc2nc(=O)o[nH]2)Oc2ccccc2N1S(=O)(=O)C(=O)OCc1ccccc1. The summed E-state index contributed by atoms with van der Waals surface area (Å²) >= 11 is 0. The molecule has 2 heterocycles. The van der Waals surface area contributed by atoms with Gasteiger partial charge in [0.1, 0.15) is 24.3 Å². The maximum absolute atomic E-state index is 13.2. The first-order valence-electron chi connectivity index (χ1n) is 9.41. The Morgan fingerprint density at radius 2 is 1.87 bits per heavy atom. The summed E-state index contributed by atoms with van der Waals surface area (Å²) in [5.74, 6) is -0.325. The van der Waals surface area contributed by atoms with Crippen LogP contribution >= 0.6 is 0 Å². The molecule has 3 aromatic rings. The highest BCUT2D eigenvalue weighted by Gasteiger charge is 2.44. The van der Waals surface area contributed by atoms with E-state index in [1.807, 2.05) is 0 Å². The Labute approximate surface area is 177 Å². The summed E-state index contributed by atoms with van der Waals surface area (Å²) in [4.78, 5) is 27.5. The minimum absolute atomic E-state index is 0.0618. The average molecular weight is 445 g/mol. The lowest BCUT2D eigenvalue weighted by molar-refractivity contribution is 0.158. The molecule has 10 nitrogen and oxygen atoms in total. The van der Waals surface area contributed by atoms with Crippen LogP contribution in [-0.2, 0) is 27.8 Å². The summed E-state index contributed by atoms with van der Waals surface area (Å²) in [6.07, 6.45) is -0.681. The Morgan fingerprint density at radius 1 is 1.16 bits per heavy atom. The van der Waals surface area contributed by atoms with Crippen molar-refractivity contribution in [2.45, 2.75) is 32.1 Å². The lowest BCUT2D eigenvalue weighted by Crippen LogP contribution is -2.53. The van der Waals surface area contributed by atoms with Crippen molar-refractivity contribution in [2.24, 2.45) is 0 Å². The number of hydrogen-bond donors (Lipinski definition) is 1. The van der Waals surface area contributed by atoms with Crippen LogP contribution in [0.1, 0.15) is 18.3 Å². The molecule has 0 unspecified atom stereocenters. The highest BCUT2D eigenvalue weighted by atomic mass is 32.2. The molecule has 0 saturated carbocycles. The fourth-order valence-corrected chi connectivity index (χ4v) is 4.69. The van der Waals surface area contributed by atoms with Crippen molar-refractivity contribution in [1.82, 2.24) is 10.1 Å². The number of para-hydroxylation sites is 2. The van der Waals surface area contributed by atoms with Crippen LogP contribution in [0.5, 0.6) is 5.75 Å². The second-order valence-corrected chi connectivity index (χ2v) is 8.60. The van der Waals surface area contributed by atoms with Crippen molar-refractivity contribution < 1.29 is 27.2 Å². The van der Waals surface area contributed by atoms with Crippen molar-refractivity contribution in [2.75, 3.05) is 4.31 Å². The zero-order valence-corrected chi connectivity index (χ0v) is 17.2. The topological polar surface area (TPSA) is 132 Å². The fraction of sp³-hybridized carbons (Fsp3) is 0.250. The number of hydrogen-bond acceptors (Lipinski definition) is 8. The number of nitrogens with one attached hydrogen (secondary N) is 1. The predicted molar refractivity (Wildman–Crippen MR) is 109 cm³/mol. The molecule has 4 rings (SSSR count). The smallest absolute Gasteiger partial charge is 0.459 e. The van der Waals surface area contributed by atoms with E-state index in [0.29, 0.717) is 5.56 Å². The first kappa shape index (κ1) is 20.7. The molecule has 0 spiro atoms. The van der Waals surface area contributed by atoms with Gasteiger partial charge in [0.25, 0.3) is 0 Å². The van der Waals surface area contributed by atoms with E-state index < -0.39 is 33.2 Å². The van der Waals surface area contributed by atoms with E-state index in [9.17, 15) is 18.0 Å². The van der Waals surface area contributed by atoms with Gasteiger partial charge in [-0.05, 0) is 24.6 Å². The highest BCUT2D eigenvalue weighted by molar-refractivity contribution is 8.06. The van der Waals surface area contributed by atoms with Gasteiger partial charge in [-0.15, -0.1) is 0 Å². The number of anilines is 1. The van der Waals surface area contributed by atoms with E-state index in [1.165, 1.54) is 0 Å². The molecule has 0 radical (unpaired) electrons. The molecule has 2 aromatic carbocycles. The normalized spacial score (nSPS) is 18.2. The third-order valence-corrected chi connectivity index (χ3v) is 6.42. The molecule has 0 aliphatic carbocycles. The number of sulfonamides is 1. The third kappa shape index (κ3) is 4.17. The molecular formula is C20H19N3O7S. The second kappa shape index (κ2) is 8.26. The maximum Gasteiger partial charge on any atom is 0.459 e. The van der Waals surface area contributed by atoms with Gasteiger partial charge in [0.05, 0.1) is 11.7 Å². The summed E-state index contributed by atoms with van der Waals surface area (Å²) < 4.78 is 42.9. The Kier molecular flexibility index (Phi) is 5.51. The van der Waals surface area contributed by atoms with Crippen LogP contribution in [0.3, 0.4) is 0 Å².